The number of benzene rings is 8. The van der Waals surface area contributed by atoms with E-state index < -0.39 is 15.8 Å². The molecule has 0 spiro atoms. The number of halogens is 2. The van der Waals surface area contributed by atoms with Gasteiger partial charge in [0.05, 0.1) is 0 Å². The van der Waals surface area contributed by atoms with Crippen LogP contribution >= 0.6 is 34.7 Å². The summed E-state index contributed by atoms with van der Waals surface area (Å²) in [4.78, 5) is 0. The fourth-order valence-corrected chi connectivity index (χ4v) is 9.65. The van der Waals surface area contributed by atoms with E-state index in [0.29, 0.717) is 0 Å². The molecular weight excluding hydrogens is 1100 g/mol. The third kappa shape index (κ3) is 16.9. The predicted molar refractivity (Wildman–Crippen MR) is 233 cm³/mol. The van der Waals surface area contributed by atoms with Crippen LogP contribution < -0.4 is 31.8 Å². The van der Waals surface area contributed by atoms with Gasteiger partial charge in [-0.25, -0.2) is 0 Å². The molecule has 8 rings (SSSR count). The van der Waals surface area contributed by atoms with Crippen LogP contribution in [0.2, 0.25) is 0 Å². The maximum Gasteiger partial charge on any atom is -0.0134 e. The van der Waals surface area contributed by atoms with Crippen LogP contribution in [0.25, 0.3) is 0 Å². The molecule has 0 aliphatic carbocycles. The number of rotatable bonds is 6. The van der Waals surface area contributed by atoms with Crippen molar-refractivity contribution in [3.05, 3.63) is 255 Å². The minimum Gasteiger partial charge on any atom is -0.184 e. The topological polar surface area (TPSA) is 0 Å². The van der Waals surface area contributed by atoms with Gasteiger partial charge in [0.1, 0.15) is 0 Å². The molecule has 0 unspecified atom stereocenters. The molecule has 276 valence electrons. The van der Waals surface area contributed by atoms with Crippen LogP contribution in [0.5, 0.6) is 0 Å². The van der Waals surface area contributed by atoms with Gasteiger partial charge in [0.25, 0.3) is 0 Å². The van der Waals surface area contributed by atoms with Crippen molar-refractivity contribution < 1.29 is 37.5 Å². The van der Waals surface area contributed by atoms with Gasteiger partial charge in [0, 0.05) is 0 Å². The molecule has 0 N–H and O–H groups in total. The minimum absolute atomic E-state index is 0.446. The largest absolute Gasteiger partial charge is 0.184 e. The van der Waals surface area contributed by atoms with Crippen molar-refractivity contribution in [2.75, 3.05) is 0 Å². The van der Waals surface area contributed by atoms with Crippen LogP contribution in [-0.2, 0) is 37.5 Å². The van der Waals surface area contributed by atoms with E-state index >= 15 is 0 Å². The van der Waals surface area contributed by atoms with E-state index in [1.807, 2.05) is 60.7 Å². The predicted octanol–water partition coefficient (Wildman–Crippen LogP) is 11.2. The second-order valence-corrected chi connectivity index (χ2v) is 15.3. The first-order chi connectivity index (χ1) is 26.9. The summed E-state index contributed by atoms with van der Waals surface area (Å²) in [6.07, 6.45) is 0. The first-order valence-corrected chi connectivity index (χ1v) is 25.2. The molecule has 6 heteroatoms. The molecule has 0 nitrogen and oxygen atoms in total. The van der Waals surface area contributed by atoms with Crippen LogP contribution in [0.4, 0.5) is 0 Å². The van der Waals surface area contributed by atoms with Crippen molar-refractivity contribution in [1.82, 2.24) is 0 Å². The Balaban J connectivity index is 0.000000208. The van der Waals surface area contributed by atoms with Gasteiger partial charge in [0.15, 0.2) is 0 Å². The van der Waals surface area contributed by atoms with Gasteiger partial charge < -0.3 is 0 Å². The molecule has 0 fully saturated rings. The Hall–Kier alpha value is -3.42. The summed E-state index contributed by atoms with van der Waals surface area (Å²) in [7, 11) is 8.33. The van der Waals surface area contributed by atoms with Gasteiger partial charge in [-0.05, 0) is 47.7 Å². The SMILES string of the molecule is [Cl][Pt+].[Cl][Pt+].[c-]1ccccc1.[c-]1ccccc1.c1ccc(P(c2ccccc2)c2ccccc2)cc1.c1ccc(P(c2ccccc2)c2ccccc2)cc1. The van der Waals surface area contributed by atoms with Crippen molar-refractivity contribution in [2.24, 2.45) is 0 Å². The molecular formula is C48H40Cl2P2Pt2. The van der Waals surface area contributed by atoms with Gasteiger partial charge in [0.2, 0.25) is 0 Å². The Bertz CT molecular complexity index is 1590. The molecule has 8 aromatic rings. The summed E-state index contributed by atoms with van der Waals surface area (Å²) >= 11 is 3.22. The smallest absolute Gasteiger partial charge is 0.0134 e. The molecule has 0 saturated heterocycles. The monoisotopic (exact) mass is 1140 g/mol. The molecule has 0 bridgehead atoms. The average Bonchev–Trinajstić information content (AvgIpc) is 3.29. The molecule has 54 heavy (non-hydrogen) atoms. The first kappa shape index (κ1) is 45.0. The van der Waals surface area contributed by atoms with Crippen molar-refractivity contribution >= 4 is 66.5 Å². The Kier molecular flexibility index (Phi) is 24.9. The Morgan fingerprint density at radius 2 is 0.389 bits per heavy atom. The molecule has 0 atom stereocenters. The fraction of sp³-hybridized carbons (Fsp3) is 0. The Labute approximate surface area is 355 Å². The van der Waals surface area contributed by atoms with E-state index in [4.69, 9.17) is 0 Å². The Morgan fingerprint density at radius 1 is 0.241 bits per heavy atom. The van der Waals surface area contributed by atoms with E-state index in [-0.39, 0.29) is 0 Å². The van der Waals surface area contributed by atoms with E-state index in [2.05, 4.69) is 213 Å². The molecule has 0 aliphatic rings. The molecule has 8 aromatic carbocycles. The van der Waals surface area contributed by atoms with Gasteiger partial charge in [-0.1, -0.05) is 182 Å². The van der Waals surface area contributed by atoms with Crippen LogP contribution in [0.15, 0.2) is 243 Å². The van der Waals surface area contributed by atoms with E-state index in [0.717, 1.165) is 0 Å². The number of hydrogen-bond acceptors (Lipinski definition) is 0. The fourth-order valence-electron chi connectivity index (χ4n) is 5.04. The van der Waals surface area contributed by atoms with Gasteiger partial charge in [-0.15, -0.1) is 0 Å². The molecule has 0 saturated carbocycles. The summed E-state index contributed by atoms with van der Waals surface area (Å²) in [6, 6.07) is 89.7. The maximum atomic E-state index is 4.61. The molecule has 0 aliphatic heterocycles. The third-order valence-corrected chi connectivity index (χ3v) is 12.2. The zero-order chi connectivity index (χ0) is 38.3. The van der Waals surface area contributed by atoms with E-state index in [1.165, 1.54) is 31.8 Å². The molecule has 0 heterocycles. The normalized spacial score (nSPS) is 9.48. The zero-order valence-electron chi connectivity index (χ0n) is 29.4. The first-order valence-electron chi connectivity index (χ1n) is 16.9. The van der Waals surface area contributed by atoms with E-state index in [1.54, 1.807) is 37.5 Å². The van der Waals surface area contributed by atoms with Crippen molar-refractivity contribution in [1.29, 1.82) is 0 Å². The van der Waals surface area contributed by atoms with Gasteiger partial charge >= 0.3 is 56.4 Å². The van der Waals surface area contributed by atoms with Crippen molar-refractivity contribution in [3.8, 4) is 0 Å². The second-order valence-electron chi connectivity index (χ2n) is 10.8. The second kappa shape index (κ2) is 29.9. The minimum atomic E-state index is -0.446. The average molecular weight is 1140 g/mol. The zero-order valence-corrected chi connectivity index (χ0v) is 37.2. The summed E-state index contributed by atoms with van der Waals surface area (Å²) < 4.78 is 0. The van der Waals surface area contributed by atoms with Gasteiger partial charge in [-0.3, -0.25) is 0 Å². The Morgan fingerprint density at radius 3 is 0.500 bits per heavy atom. The summed E-state index contributed by atoms with van der Waals surface area (Å²) in [5, 5.41) is 8.39. The van der Waals surface area contributed by atoms with Crippen LogP contribution in [0.1, 0.15) is 0 Å². The van der Waals surface area contributed by atoms with Crippen molar-refractivity contribution in [3.63, 3.8) is 0 Å². The number of hydrogen-bond donors (Lipinski definition) is 0. The van der Waals surface area contributed by atoms with Crippen LogP contribution in [0, 0.1) is 12.1 Å². The molecule has 0 radical (unpaired) electrons. The summed E-state index contributed by atoms with van der Waals surface area (Å²) in [5.41, 5.74) is 0. The molecule has 0 amide bonds. The summed E-state index contributed by atoms with van der Waals surface area (Å²) in [5.74, 6) is 0. The van der Waals surface area contributed by atoms with Crippen LogP contribution in [-0.4, -0.2) is 0 Å². The van der Waals surface area contributed by atoms with Gasteiger partial charge in [-0.2, -0.15) is 72.8 Å². The van der Waals surface area contributed by atoms with Crippen LogP contribution in [0.3, 0.4) is 0 Å². The third-order valence-electron chi connectivity index (χ3n) is 7.30. The van der Waals surface area contributed by atoms with E-state index in [9.17, 15) is 0 Å². The standard InChI is InChI=1S/2C18H15P.2C6H5.2ClH.2Pt/c2*1-4-10-16(11-5-1)19(17-12-6-2-7-13-17)18-14-8-3-9-15-18;2*1-2-4-6-5-3-1;;;;/h2*1-15H;2*1-5H;2*1H;;/q;;2*-1;;;2*+2/p-2. The maximum absolute atomic E-state index is 4.61. The quantitative estimate of drug-likeness (QED) is 0.115. The molecule has 0 aromatic heterocycles. The van der Waals surface area contributed by atoms with Crippen molar-refractivity contribution in [2.45, 2.75) is 0 Å². The summed E-state index contributed by atoms with van der Waals surface area (Å²) in [6.45, 7) is 0.